The van der Waals surface area contributed by atoms with Crippen LogP contribution < -0.4 is 34.1 Å². The Morgan fingerprint density at radius 2 is 1.42 bits per heavy atom. The second-order valence-corrected chi connectivity index (χ2v) is 10.5. The summed E-state index contributed by atoms with van der Waals surface area (Å²) in [6.45, 7) is 4.85. The summed E-state index contributed by atoms with van der Waals surface area (Å²) in [5.41, 5.74) is 0. The number of fused-ring (bicyclic) bond motifs is 1. The maximum absolute atomic E-state index is 5.53. The Labute approximate surface area is 143 Å². The first-order chi connectivity index (χ1) is 11.5. The minimum Gasteiger partial charge on any atom is -0.493 e. The van der Waals surface area contributed by atoms with Crippen molar-refractivity contribution in [1.82, 2.24) is 0 Å². The van der Waals surface area contributed by atoms with Crippen LogP contribution in [-0.2, 0) is 0 Å². The number of rotatable bonds is 5. The van der Waals surface area contributed by atoms with Crippen LogP contribution in [0.4, 0.5) is 0 Å². The van der Waals surface area contributed by atoms with Crippen molar-refractivity contribution < 1.29 is 23.7 Å². The molecule has 2 aromatic carbocycles. The largest absolute Gasteiger partial charge is 0.493 e. The van der Waals surface area contributed by atoms with Gasteiger partial charge in [0, 0.05) is 0 Å². The standard InChI is InChI=1S/C18H22O5Si/c1-19-16-9-13(10-17(20-2)18(16)21-3)24(4,5)12-6-7-14-15(8-12)23-11-22-14/h6-10H,11H2,1-5H3. The fourth-order valence-corrected chi connectivity index (χ4v) is 5.20. The lowest BCUT2D eigenvalue weighted by molar-refractivity contribution is 0.174. The topological polar surface area (TPSA) is 46.2 Å². The van der Waals surface area contributed by atoms with Gasteiger partial charge in [-0.2, -0.15) is 0 Å². The Morgan fingerprint density at radius 3 is 2.00 bits per heavy atom. The Kier molecular flexibility index (Phi) is 4.32. The minimum absolute atomic E-state index is 0.283. The van der Waals surface area contributed by atoms with E-state index in [1.165, 1.54) is 10.4 Å². The van der Waals surface area contributed by atoms with Gasteiger partial charge in [-0.05, 0) is 29.5 Å². The Balaban J connectivity index is 2.09. The quantitative estimate of drug-likeness (QED) is 0.777. The second-order valence-electron chi connectivity index (χ2n) is 6.11. The summed E-state index contributed by atoms with van der Waals surface area (Å²) < 4.78 is 27.4. The fourth-order valence-electron chi connectivity index (χ4n) is 2.89. The highest BCUT2D eigenvalue weighted by atomic mass is 28.3. The van der Waals surface area contributed by atoms with E-state index in [1.807, 2.05) is 18.2 Å². The maximum Gasteiger partial charge on any atom is 0.231 e. The van der Waals surface area contributed by atoms with E-state index in [0.29, 0.717) is 17.2 Å². The zero-order valence-electron chi connectivity index (χ0n) is 14.6. The first kappa shape index (κ1) is 16.5. The van der Waals surface area contributed by atoms with Gasteiger partial charge >= 0.3 is 0 Å². The van der Waals surface area contributed by atoms with E-state index in [-0.39, 0.29) is 6.79 Å². The van der Waals surface area contributed by atoms with Gasteiger partial charge in [-0.15, -0.1) is 0 Å². The Bertz CT molecular complexity index is 732. The van der Waals surface area contributed by atoms with Crippen molar-refractivity contribution in [1.29, 1.82) is 0 Å². The van der Waals surface area contributed by atoms with E-state index in [0.717, 1.165) is 11.5 Å². The van der Waals surface area contributed by atoms with Crippen LogP contribution in [0.1, 0.15) is 0 Å². The summed E-state index contributed by atoms with van der Waals surface area (Å²) in [7, 11) is 2.90. The van der Waals surface area contributed by atoms with Gasteiger partial charge in [-0.3, -0.25) is 0 Å². The van der Waals surface area contributed by atoms with Crippen LogP contribution in [0.3, 0.4) is 0 Å². The highest BCUT2D eigenvalue weighted by molar-refractivity contribution is 7.00. The summed E-state index contributed by atoms with van der Waals surface area (Å²) in [5.74, 6) is 3.56. The van der Waals surface area contributed by atoms with Crippen molar-refractivity contribution in [3.8, 4) is 28.7 Å². The molecule has 0 saturated carbocycles. The SMILES string of the molecule is COc1cc([Si](C)(C)c2ccc3c(c2)OCO3)cc(OC)c1OC. The normalized spacial score (nSPS) is 12.9. The summed E-state index contributed by atoms with van der Waals surface area (Å²) in [5, 5.41) is 2.44. The molecule has 0 saturated heterocycles. The van der Waals surface area contributed by atoms with E-state index in [9.17, 15) is 0 Å². The van der Waals surface area contributed by atoms with Gasteiger partial charge in [-0.25, -0.2) is 0 Å². The van der Waals surface area contributed by atoms with E-state index in [4.69, 9.17) is 23.7 Å². The predicted molar refractivity (Wildman–Crippen MR) is 95.4 cm³/mol. The highest BCUT2D eigenvalue weighted by Gasteiger charge is 2.30. The molecule has 0 atom stereocenters. The fraction of sp³-hybridized carbons (Fsp3) is 0.333. The van der Waals surface area contributed by atoms with Crippen molar-refractivity contribution in [2.45, 2.75) is 13.1 Å². The molecule has 0 aliphatic carbocycles. The molecule has 2 aromatic rings. The lowest BCUT2D eigenvalue weighted by atomic mass is 10.3. The summed E-state index contributed by atoms with van der Waals surface area (Å²) in [6, 6.07) is 10.3. The molecule has 24 heavy (non-hydrogen) atoms. The van der Waals surface area contributed by atoms with Crippen LogP contribution in [-0.4, -0.2) is 36.2 Å². The van der Waals surface area contributed by atoms with Crippen molar-refractivity contribution in [3.05, 3.63) is 30.3 Å². The lowest BCUT2D eigenvalue weighted by Gasteiger charge is -2.26. The first-order valence-electron chi connectivity index (χ1n) is 7.72. The average molecular weight is 346 g/mol. The van der Waals surface area contributed by atoms with Gasteiger partial charge in [0.15, 0.2) is 23.0 Å². The van der Waals surface area contributed by atoms with Crippen molar-refractivity contribution in [2.75, 3.05) is 28.1 Å². The smallest absolute Gasteiger partial charge is 0.231 e. The van der Waals surface area contributed by atoms with E-state index in [1.54, 1.807) is 21.3 Å². The van der Waals surface area contributed by atoms with E-state index >= 15 is 0 Å². The number of hydrogen-bond donors (Lipinski definition) is 0. The van der Waals surface area contributed by atoms with Gasteiger partial charge < -0.3 is 23.7 Å². The Hall–Kier alpha value is -2.34. The van der Waals surface area contributed by atoms with Crippen molar-refractivity contribution in [3.63, 3.8) is 0 Å². The molecular formula is C18H22O5Si. The third-order valence-corrected chi connectivity index (χ3v) is 7.97. The molecule has 0 aromatic heterocycles. The third kappa shape index (κ3) is 2.67. The molecule has 0 radical (unpaired) electrons. The molecule has 0 amide bonds. The molecule has 0 fully saturated rings. The maximum atomic E-state index is 5.53. The first-order valence-corrected chi connectivity index (χ1v) is 10.7. The van der Waals surface area contributed by atoms with E-state index in [2.05, 4.69) is 25.2 Å². The Morgan fingerprint density at radius 1 is 0.792 bits per heavy atom. The molecule has 128 valence electrons. The summed E-state index contributed by atoms with van der Waals surface area (Å²) in [4.78, 5) is 0. The van der Waals surface area contributed by atoms with Gasteiger partial charge in [0.25, 0.3) is 0 Å². The number of benzene rings is 2. The molecule has 0 spiro atoms. The molecule has 6 heteroatoms. The molecule has 0 unspecified atom stereocenters. The molecular weight excluding hydrogens is 324 g/mol. The van der Waals surface area contributed by atoms with Gasteiger partial charge in [0.05, 0.1) is 21.3 Å². The second kappa shape index (κ2) is 6.28. The number of hydrogen-bond acceptors (Lipinski definition) is 5. The van der Waals surface area contributed by atoms with Crippen molar-refractivity contribution in [2.24, 2.45) is 0 Å². The molecule has 1 heterocycles. The third-order valence-electron chi connectivity index (χ3n) is 4.48. The van der Waals surface area contributed by atoms with E-state index < -0.39 is 8.07 Å². The van der Waals surface area contributed by atoms with Crippen LogP contribution in [0.15, 0.2) is 30.3 Å². The monoisotopic (exact) mass is 346 g/mol. The molecule has 1 aliphatic heterocycles. The van der Waals surface area contributed by atoms with Crippen molar-refractivity contribution >= 4 is 18.4 Å². The molecule has 1 aliphatic rings. The van der Waals surface area contributed by atoms with Gasteiger partial charge in [0.2, 0.25) is 12.5 Å². The van der Waals surface area contributed by atoms with Crippen LogP contribution >= 0.6 is 0 Å². The zero-order chi connectivity index (χ0) is 17.3. The molecule has 0 bridgehead atoms. The molecule has 5 nitrogen and oxygen atoms in total. The van der Waals surface area contributed by atoms with Crippen LogP contribution in [0, 0.1) is 0 Å². The van der Waals surface area contributed by atoms with Crippen LogP contribution in [0.25, 0.3) is 0 Å². The summed E-state index contributed by atoms with van der Waals surface area (Å²) >= 11 is 0. The number of ether oxygens (including phenoxy) is 5. The minimum atomic E-state index is -1.98. The number of methoxy groups -OCH3 is 3. The molecule has 0 N–H and O–H groups in total. The highest BCUT2D eigenvalue weighted by Crippen LogP contribution is 2.37. The molecule has 3 rings (SSSR count). The zero-order valence-corrected chi connectivity index (χ0v) is 15.6. The predicted octanol–water partition coefficient (Wildman–Crippen LogP) is 2.26. The summed E-state index contributed by atoms with van der Waals surface area (Å²) in [6.07, 6.45) is 0. The average Bonchev–Trinajstić information content (AvgIpc) is 3.07. The van der Waals surface area contributed by atoms with Crippen LogP contribution in [0.2, 0.25) is 13.1 Å². The van der Waals surface area contributed by atoms with Gasteiger partial charge in [0.1, 0.15) is 8.07 Å². The lowest BCUT2D eigenvalue weighted by Crippen LogP contribution is -2.52. The van der Waals surface area contributed by atoms with Crippen LogP contribution in [0.5, 0.6) is 28.7 Å². The van der Waals surface area contributed by atoms with Gasteiger partial charge in [-0.1, -0.05) is 24.3 Å².